The fourth-order valence-electron chi connectivity index (χ4n) is 1.92. The molecule has 2 aromatic heterocycles. The minimum absolute atomic E-state index is 0.420. The van der Waals surface area contributed by atoms with Crippen LogP contribution in [0.25, 0.3) is 21.8 Å². The van der Waals surface area contributed by atoms with Crippen molar-refractivity contribution in [1.82, 2.24) is 5.16 Å². The van der Waals surface area contributed by atoms with Crippen molar-refractivity contribution in [2.75, 3.05) is 5.73 Å². The molecule has 0 aliphatic carbocycles. The van der Waals surface area contributed by atoms with E-state index in [-0.39, 0.29) is 0 Å². The monoisotopic (exact) mass is 334 g/mol. The first-order valence-electron chi connectivity index (χ1n) is 5.73. The summed E-state index contributed by atoms with van der Waals surface area (Å²) in [6.07, 6.45) is 0. The summed E-state index contributed by atoms with van der Waals surface area (Å²) >= 11 is 5.09. The number of hydrogen-bond donors (Lipinski definition) is 1. The number of benzene rings is 1. The number of hydrogen-bond acceptors (Lipinski definition) is 4. The first kappa shape index (κ1) is 12.4. The normalized spacial score (nSPS) is 10.8. The smallest absolute Gasteiger partial charge is 0.186 e. The summed E-state index contributed by atoms with van der Waals surface area (Å²) in [7, 11) is 0. The molecule has 3 rings (SSSR count). The molecule has 0 atom stereocenters. The molecule has 1 aromatic carbocycles. The minimum Gasteiger partial charge on any atom is -0.380 e. The first-order valence-corrected chi connectivity index (χ1v) is 7.34. The van der Waals surface area contributed by atoms with Crippen molar-refractivity contribution in [2.45, 2.75) is 6.92 Å². The highest BCUT2D eigenvalue weighted by Crippen LogP contribution is 2.39. The van der Waals surface area contributed by atoms with Crippen molar-refractivity contribution >= 4 is 33.1 Å². The summed E-state index contributed by atoms with van der Waals surface area (Å²) in [5, 5.41) is 3.90. The van der Waals surface area contributed by atoms with Gasteiger partial charge in [-0.25, -0.2) is 0 Å². The first-order chi connectivity index (χ1) is 9.15. The van der Waals surface area contributed by atoms with Crippen LogP contribution in [0.4, 0.5) is 5.82 Å². The molecule has 0 fully saturated rings. The maximum Gasteiger partial charge on any atom is 0.186 e. The Morgan fingerprint density at radius 3 is 2.53 bits per heavy atom. The number of thiophene rings is 1. The van der Waals surface area contributed by atoms with E-state index in [4.69, 9.17) is 10.3 Å². The average molecular weight is 335 g/mol. The largest absolute Gasteiger partial charge is 0.380 e. The summed E-state index contributed by atoms with van der Waals surface area (Å²) in [6, 6.07) is 12.0. The molecule has 0 amide bonds. The highest BCUT2D eigenvalue weighted by Gasteiger charge is 2.18. The zero-order valence-electron chi connectivity index (χ0n) is 10.2. The van der Waals surface area contributed by atoms with E-state index in [1.807, 2.05) is 30.3 Å². The Kier molecular flexibility index (Phi) is 3.16. The van der Waals surface area contributed by atoms with Gasteiger partial charge in [0, 0.05) is 9.35 Å². The van der Waals surface area contributed by atoms with Crippen LogP contribution in [0.15, 0.2) is 45.4 Å². The molecule has 2 heterocycles. The van der Waals surface area contributed by atoms with Gasteiger partial charge in [-0.3, -0.25) is 0 Å². The number of nitrogens with zero attached hydrogens (tertiary/aromatic N) is 1. The van der Waals surface area contributed by atoms with Crippen molar-refractivity contribution < 1.29 is 4.52 Å². The van der Waals surface area contributed by atoms with Crippen LogP contribution in [0.3, 0.4) is 0 Å². The van der Waals surface area contributed by atoms with Gasteiger partial charge in [-0.1, -0.05) is 33.2 Å². The third-order valence-electron chi connectivity index (χ3n) is 2.82. The minimum atomic E-state index is 0.420. The zero-order valence-corrected chi connectivity index (χ0v) is 12.6. The van der Waals surface area contributed by atoms with Crippen LogP contribution in [-0.4, -0.2) is 5.16 Å². The van der Waals surface area contributed by atoms with Crippen molar-refractivity contribution in [1.29, 1.82) is 0 Å². The van der Waals surface area contributed by atoms with Gasteiger partial charge in [0.2, 0.25) is 0 Å². The Labute approximate surface area is 123 Å². The van der Waals surface area contributed by atoms with Gasteiger partial charge < -0.3 is 10.3 Å². The highest BCUT2D eigenvalue weighted by molar-refractivity contribution is 9.10. The van der Waals surface area contributed by atoms with Gasteiger partial charge in [0.1, 0.15) is 0 Å². The third-order valence-corrected chi connectivity index (χ3v) is 4.34. The summed E-state index contributed by atoms with van der Waals surface area (Å²) in [5.41, 5.74) is 7.80. The predicted octanol–water partition coefficient (Wildman–Crippen LogP) is 4.72. The van der Waals surface area contributed by atoms with Crippen LogP contribution >= 0.6 is 27.3 Å². The Morgan fingerprint density at radius 1 is 1.16 bits per heavy atom. The molecule has 0 saturated heterocycles. The molecule has 3 nitrogen and oxygen atoms in total. The molecule has 19 heavy (non-hydrogen) atoms. The van der Waals surface area contributed by atoms with Gasteiger partial charge in [0.15, 0.2) is 11.6 Å². The van der Waals surface area contributed by atoms with E-state index < -0.39 is 0 Å². The predicted molar refractivity (Wildman–Crippen MR) is 82.1 cm³/mol. The molecule has 2 N–H and O–H groups in total. The Bertz CT molecular complexity index is 715. The van der Waals surface area contributed by atoms with Gasteiger partial charge >= 0.3 is 0 Å². The van der Waals surface area contributed by atoms with E-state index in [1.165, 1.54) is 4.88 Å². The number of halogens is 1. The lowest BCUT2D eigenvalue weighted by Gasteiger charge is -2.01. The fourth-order valence-corrected chi connectivity index (χ4v) is 3.04. The SMILES string of the molecule is Cc1ccc(-c2onc(N)c2-c2ccc(Br)cc2)s1. The van der Waals surface area contributed by atoms with Crippen molar-refractivity contribution in [3.63, 3.8) is 0 Å². The molecular formula is C14H11BrN2OS. The fraction of sp³-hybridized carbons (Fsp3) is 0.0714. The topological polar surface area (TPSA) is 52.0 Å². The van der Waals surface area contributed by atoms with Gasteiger partial charge in [0.25, 0.3) is 0 Å². The molecule has 0 bridgehead atoms. The standard InChI is InChI=1S/C14H11BrN2OS/c1-8-2-7-11(19-8)13-12(14(16)17-18-13)9-3-5-10(15)6-4-9/h2-7H,1H3,(H2,16,17). The van der Waals surface area contributed by atoms with Crippen molar-refractivity contribution in [2.24, 2.45) is 0 Å². The average Bonchev–Trinajstić information content (AvgIpc) is 2.97. The van der Waals surface area contributed by atoms with Crippen LogP contribution in [0.1, 0.15) is 4.88 Å². The lowest BCUT2D eigenvalue weighted by molar-refractivity contribution is 0.437. The molecule has 0 spiro atoms. The second-order valence-electron chi connectivity index (χ2n) is 4.19. The Morgan fingerprint density at radius 2 is 1.89 bits per heavy atom. The van der Waals surface area contributed by atoms with Crippen LogP contribution in [0, 0.1) is 6.92 Å². The zero-order chi connectivity index (χ0) is 13.4. The second kappa shape index (κ2) is 4.83. The highest BCUT2D eigenvalue weighted by atomic mass is 79.9. The number of nitrogen functional groups attached to an aromatic ring is 1. The molecule has 5 heteroatoms. The van der Waals surface area contributed by atoms with Crippen LogP contribution in [0.5, 0.6) is 0 Å². The van der Waals surface area contributed by atoms with Crippen LogP contribution < -0.4 is 5.73 Å². The van der Waals surface area contributed by atoms with E-state index in [2.05, 4.69) is 34.1 Å². The summed E-state index contributed by atoms with van der Waals surface area (Å²) in [6.45, 7) is 2.06. The van der Waals surface area contributed by atoms with Crippen LogP contribution in [-0.2, 0) is 0 Å². The summed E-state index contributed by atoms with van der Waals surface area (Å²) < 4.78 is 6.43. The molecule has 0 aliphatic heterocycles. The van der Waals surface area contributed by atoms with E-state index in [0.29, 0.717) is 5.82 Å². The van der Waals surface area contributed by atoms with Crippen molar-refractivity contribution in [3.05, 3.63) is 45.7 Å². The number of aromatic nitrogens is 1. The summed E-state index contributed by atoms with van der Waals surface area (Å²) in [5.74, 6) is 1.15. The lowest BCUT2D eigenvalue weighted by Crippen LogP contribution is -1.88. The number of aryl methyl sites for hydroxylation is 1. The van der Waals surface area contributed by atoms with Crippen molar-refractivity contribution in [3.8, 4) is 21.8 Å². The van der Waals surface area contributed by atoms with Gasteiger partial charge in [-0.05, 0) is 36.8 Å². The van der Waals surface area contributed by atoms with E-state index in [9.17, 15) is 0 Å². The van der Waals surface area contributed by atoms with E-state index in [0.717, 1.165) is 26.2 Å². The molecule has 0 radical (unpaired) electrons. The van der Waals surface area contributed by atoms with E-state index >= 15 is 0 Å². The second-order valence-corrected chi connectivity index (χ2v) is 6.39. The number of nitrogens with two attached hydrogens (primary N) is 1. The Balaban J connectivity index is 2.16. The lowest BCUT2D eigenvalue weighted by atomic mass is 10.1. The maximum atomic E-state index is 5.94. The molecule has 0 aliphatic rings. The molecular weight excluding hydrogens is 324 g/mol. The quantitative estimate of drug-likeness (QED) is 0.737. The number of rotatable bonds is 2. The van der Waals surface area contributed by atoms with Gasteiger partial charge in [0.05, 0.1) is 10.4 Å². The molecule has 0 unspecified atom stereocenters. The van der Waals surface area contributed by atoms with E-state index in [1.54, 1.807) is 11.3 Å². The number of anilines is 1. The molecule has 96 valence electrons. The van der Waals surface area contributed by atoms with Crippen LogP contribution in [0.2, 0.25) is 0 Å². The molecule has 0 saturated carbocycles. The van der Waals surface area contributed by atoms with Gasteiger partial charge in [-0.2, -0.15) is 0 Å². The Hall–Kier alpha value is -1.59. The third kappa shape index (κ3) is 2.31. The maximum absolute atomic E-state index is 5.94. The molecule has 3 aromatic rings. The van der Waals surface area contributed by atoms with Gasteiger partial charge in [-0.15, -0.1) is 11.3 Å². The summed E-state index contributed by atoms with van der Waals surface area (Å²) in [4.78, 5) is 2.27.